The van der Waals surface area contributed by atoms with E-state index < -0.39 is 0 Å². The maximum atomic E-state index is 5.51. The maximum absolute atomic E-state index is 5.51. The SMILES string of the molecule is CCNC(CN1CCCC(OC)C1)c1ccccc1. The van der Waals surface area contributed by atoms with Crippen molar-refractivity contribution < 1.29 is 4.74 Å². The number of nitrogens with zero attached hydrogens (tertiary/aromatic N) is 1. The second-order valence-corrected chi connectivity index (χ2v) is 5.28. The average molecular weight is 262 g/mol. The normalized spacial score (nSPS) is 22.3. The minimum atomic E-state index is 0.409. The molecular weight excluding hydrogens is 236 g/mol. The fourth-order valence-corrected chi connectivity index (χ4v) is 2.85. The Morgan fingerprint density at radius 2 is 2.16 bits per heavy atom. The van der Waals surface area contributed by atoms with Gasteiger partial charge in [0.05, 0.1) is 6.10 Å². The average Bonchev–Trinajstić information content (AvgIpc) is 2.48. The number of methoxy groups -OCH3 is 1. The molecule has 0 radical (unpaired) electrons. The van der Waals surface area contributed by atoms with Gasteiger partial charge in [-0.1, -0.05) is 37.3 Å². The van der Waals surface area contributed by atoms with Crippen LogP contribution in [0.25, 0.3) is 0 Å². The zero-order chi connectivity index (χ0) is 13.5. The zero-order valence-electron chi connectivity index (χ0n) is 12.1. The number of nitrogens with one attached hydrogen (secondary N) is 1. The van der Waals surface area contributed by atoms with Crippen molar-refractivity contribution in [2.24, 2.45) is 0 Å². The number of benzene rings is 1. The number of likely N-dealkylation sites (tertiary alicyclic amines) is 1. The molecule has 19 heavy (non-hydrogen) atoms. The van der Waals surface area contributed by atoms with E-state index >= 15 is 0 Å². The molecule has 2 atom stereocenters. The quantitative estimate of drug-likeness (QED) is 0.852. The first-order valence-corrected chi connectivity index (χ1v) is 7.37. The number of hydrogen-bond donors (Lipinski definition) is 1. The molecule has 0 bridgehead atoms. The Kier molecular flexibility index (Phi) is 5.83. The summed E-state index contributed by atoms with van der Waals surface area (Å²) >= 11 is 0. The third-order valence-corrected chi connectivity index (χ3v) is 3.89. The van der Waals surface area contributed by atoms with Crippen LogP contribution in [0.2, 0.25) is 0 Å². The second kappa shape index (κ2) is 7.63. The van der Waals surface area contributed by atoms with E-state index in [-0.39, 0.29) is 0 Å². The van der Waals surface area contributed by atoms with Crippen LogP contribution in [0.15, 0.2) is 30.3 Å². The zero-order valence-corrected chi connectivity index (χ0v) is 12.1. The van der Waals surface area contributed by atoms with Gasteiger partial charge >= 0.3 is 0 Å². The van der Waals surface area contributed by atoms with E-state index in [1.165, 1.54) is 24.9 Å². The summed E-state index contributed by atoms with van der Waals surface area (Å²) in [5.41, 5.74) is 1.38. The first-order valence-electron chi connectivity index (χ1n) is 7.37. The largest absolute Gasteiger partial charge is 0.380 e. The lowest BCUT2D eigenvalue weighted by Crippen LogP contribution is -2.43. The number of ether oxygens (including phenoxy) is 1. The van der Waals surface area contributed by atoms with Crippen LogP contribution in [0.1, 0.15) is 31.4 Å². The summed E-state index contributed by atoms with van der Waals surface area (Å²) in [5, 5.41) is 3.60. The Hall–Kier alpha value is -0.900. The summed E-state index contributed by atoms with van der Waals surface area (Å²) < 4.78 is 5.51. The Balaban J connectivity index is 1.96. The van der Waals surface area contributed by atoms with Crippen molar-refractivity contribution in [3.8, 4) is 0 Å². The minimum absolute atomic E-state index is 0.409. The van der Waals surface area contributed by atoms with Gasteiger partial charge in [-0.3, -0.25) is 4.90 Å². The van der Waals surface area contributed by atoms with Crippen molar-refractivity contribution >= 4 is 0 Å². The molecule has 0 spiro atoms. The maximum Gasteiger partial charge on any atom is 0.0698 e. The molecular formula is C16H26N2O. The lowest BCUT2D eigenvalue weighted by atomic mass is 10.0. The summed E-state index contributed by atoms with van der Waals surface area (Å²) in [4.78, 5) is 2.53. The Bertz CT molecular complexity index is 355. The predicted octanol–water partition coefficient (Wildman–Crippen LogP) is 2.45. The smallest absolute Gasteiger partial charge is 0.0698 e. The predicted molar refractivity (Wildman–Crippen MR) is 79.3 cm³/mol. The summed E-state index contributed by atoms with van der Waals surface area (Å²) in [6.45, 7) is 6.49. The highest BCUT2D eigenvalue weighted by molar-refractivity contribution is 5.19. The molecule has 1 fully saturated rings. The van der Waals surface area contributed by atoms with E-state index in [9.17, 15) is 0 Å². The fraction of sp³-hybridized carbons (Fsp3) is 0.625. The van der Waals surface area contributed by atoms with Gasteiger partial charge in [0.2, 0.25) is 0 Å². The molecule has 0 saturated carbocycles. The molecule has 2 rings (SSSR count). The molecule has 0 aliphatic carbocycles. The molecule has 1 aliphatic heterocycles. The van der Waals surface area contributed by atoms with Crippen LogP contribution in [0.3, 0.4) is 0 Å². The molecule has 1 N–H and O–H groups in total. The van der Waals surface area contributed by atoms with Gasteiger partial charge < -0.3 is 10.1 Å². The highest BCUT2D eigenvalue weighted by Crippen LogP contribution is 2.18. The number of hydrogen-bond acceptors (Lipinski definition) is 3. The summed E-state index contributed by atoms with van der Waals surface area (Å²) in [5.74, 6) is 0. The molecule has 1 saturated heterocycles. The van der Waals surface area contributed by atoms with Crippen LogP contribution < -0.4 is 5.32 Å². The summed E-state index contributed by atoms with van der Waals surface area (Å²) in [6, 6.07) is 11.2. The highest BCUT2D eigenvalue weighted by Gasteiger charge is 2.22. The van der Waals surface area contributed by atoms with Crippen molar-refractivity contribution in [3.63, 3.8) is 0 Å². The van der Waals surface area contributed by atoms with E-state index in [0.717, 1.165) is 19.6 Å². The lowest BCUT2D eigenvalue weighted by molar-refractivity contribution is 0.0281. The molecule has 3 heteroatoms. The summed E-state index contributed by atoms with van der Waals surface area (Å²) in [6.07, 6.45) is 2.85. The van der Waals surface area contributed by atoms with Crippen LogP contribution in [-0.4, -0.2) is 44.3 Å². The van der Waals surface area contributed by atoms with Crippen molar-refractivity contribution in [1.82, 2.24) is 10.2 Å². The van der Waals surface area contributed by atoms with Gasteiger partial charge in [0.15, 0.2) is 0 Å². The first kappa shape index (κ1) is 14.5. The summed E-state index contributed by atoms with van der Waals surface area (Å²) in [7, 11) is 1.83. The molecule has 1 aromatic rings. The Labute approximate surface area is 116 Å². The third-order valence-electron chi connectivity index (χ3n) is 3.89. The van der Waals surface area contributed by atoms with Crippen LogP contribution in [0.4, 0.5) is 0 Å². The van der Waals surface area contributed by atoms with Gasteiger partial charge in [-0.2, -0.15) is 0 Å². The minimum Gasteiger partial charge on any atom is -0.380 e. The van der Waals surface area contributed by atoms with E-state index in [2.05, 4.69) is 47.5 Å². The van der Waals surface area contributed by atoms with Crippen LogP contribution >= 0.6 is 0 Å². The van der Waals surface area contributed by atoms with Gasteiger partial charge in [-0.05, 0) is 31.5 Å². The monoisotopic (exact) mass is 262 g/mol. The first-order chi connectivity index (χ1) is 9.33. The molecule has 0 aromatic heterocycles. The third kappa shape index (κ3) is 4.30. The standard InChI is InChI=1S/C16H26N2O/c1-3-17-16(14-8-5-4-6-9-14)13-18-11-7-10-15(12-18)19-2/h4-6,8-9,15-17H,3,7,10-13H2,1-2H3. The Morgan fingerprint density at radius 3 is 2.84 bits per heavy atom. The van der Waals surface area contributed by atoms with E-state index in [4.69, 9.17) is 4.74 Å². The second-order valence-electron chi connectivity index (χ2n) is 5.28. The number of rotatable bonds is 6. The van der Waals surface area contributed by atoms with E-state index in [1.807, 2.05) is 7.11 Å². The van der Waals surface area contributed by atoms with Gasteiger partial charge in [0.1, 0.15) is 0 Å². The van der Waals surface area contributed by atoms with Gasteiger partial charge in [-0.25, -0.2) is 0 Å². The Morgan fingerprint density at radius 1 is 1.37 bits per heavy atom. The number of piperidine rings is 1. The van der Waals surface area contributed by atoms with Crippen LogP contribution in [0, 0.1) is 0 Å². The topological polar surface area (TPSA) is 24.5 Å². The molecule has 1 heterocycles. The van der Waals surface area contributed by atoms with Crippen LogP contribution in [-0.2, 0) is 4.74 Å². The molecule has 0 amide bonds. The molecule has 3 nitrogen and oxygen atoms in total. The molecule has 2 unspecified atom stereocenters. The highest BCUT2D eigenvalue weighted by atomic mass is 16.5. The lowest BCUT2D eigenvalue weighted by Gasteiger charge is -2.34. The van der Waals surface area contributed by atoms with Crippen molar-refractivity contribution in [3.05, 3.63) is 35.9 Å². The fourth-order valence-electron chi connectivity index (χ4n) is 2.85. The number of likely N-dealkylation sites (N-methyl/N-ethyl adjacent to an activating group) is 1. The molecule has 1 aromatic carbocycles. The van der Waals surface area contributed by atoms with Gasteiger partial charge in [0, 0.05) is 26.2 Å². The van der Waals surface area contributed by atoms with Crippen molar-refractivity contribution in [1.29, 1.82) is 0 Å². The van der Waals surface area contributed by atoms with Crippen LogP contribution in [0.5, 0.6) is 0 Å². The van der Waals surface area contributed by atoms with E-state index in [0.29, 0.717) is 12.1 Å². The molecule has 106 valence electrons. The van der Waals surface area contributed by atoms with Crippen molar-refractivity contribution in [2.45, 2.75) is 31.9 Å². The van der Waals surface area contributed by atoms with E-state index in [1.54, 1.807) is 0 Å². The molecule has 1 aliphatic rings. The van der Waals surface area contributed by atoms with Gasteiger partial charge in [-0.15, -0.1) is 0 Å². The van der Waals surface area contributed by atoms with Gasteiger partial charge in [0.25, 0.3) is 0 Å². The van der Waals surface area contributed by atoms with Crippen molar-refractivity contribution in [2.75, 3.05) is 33.3 Å².